The zero-order valence-electron chi connectivity index (χ0n) is 39.0. The molecule has 0 saturated carbocycles. The van der Waals surface area contributed by atoms with Crippen molar-refractivity contribution in [2.24, 2.45) is 0 Å². The summed E-state index contributed by atoms with van der Waals surface area (Å²) in [5.41, 5.74) is 0. The molecule has 15 nitrogen and oxygen atoms in total. The SMILES string of the molecule is CC/C=C/C/C=C/C/C=C/CCCCCCCC(=O)OC[C@H](CO[C@@H]1O[C@H](CO[C@@H]2O[C@H](CO)[C@H](O)C(O)C2O)[C@H](O)C(O)C1O)OC(=O)CCCCCCCCCCCCCCC. The standard InChI is InChI=1S/C49H86O15/c1-3-5-7-9-11-13-15-17-18-20-21-23-25-27-29-31-40(51)59-34-37(62-41(52)32-30-28-26-24-22-19-16-14-12-10-8-6-4-2)35-60-48-47(58)45(56)43(54)39(64-48)36-61-49-46(57)44(55)42(53)38(33-50)63-49/h5,7,11,13,17-18,37-39,42-50,53-58H,3-4,6,8-10,12,14-16,19-36H2,1-2H3/b7-5+,13-11+,18-17+/t37-,38-,39-,42+,43+,44?,45?,46?,47?,48-,49-/m1/s1. The minimum Gasteiger partial charge on any atom is -0.462 e. The first-order chi connectivity index (χ1) is 31.0. The Balaban J connectivity index is 1.83. The van der Waals surface area contributed by atoms with Gasteiger partial charge in [-0.05, 0) is 44.9 Å². The number of ether oxygens (including phenoxy) is 6. The molecule has 2 fully saturated rings. The van der Waals surface area contributed by atoms with Crippen LogP contribution >= 0.6 is 0 Å². The summed E-state index contributed by atoms with van der Waals surface area (Å²) in [6, 6.07) is 0. The van der Waals surface area contributed by atoms with Crippen molar-refractivity contribution in [1.82, 2.24) is 0 Å². The van der Waals surface area contributed by atoms with E-state index in [0.717, 1.165) is 70.6 Å². The van der Waals surface area contributed by atoms with Crippen molar-refractivity contribution < 1.29 is 73.8 Å². The second-order valence-electron chi connectivity index (χ2n) is 17.3. The number of carbonyl (C=O) groups excluding carboxylic acids is 2. The molecule has 64 heavy (non-hydrogen) atoms. The lowest BCUT2D eigenvalue weighted by Gasteiger charge is -2.42. The molecule has 0 aromatic carbocycles. The van der Waals surface area contributed by atoms with Gasteiger partial charge in [-0.1, -0.05) is 147 Å². The Bertz CT molecular complexity index is 1260. The van der Waals surface area contributed by atoms with Crippen LogP contribution < -0.4 is 0 Å². The van der Waals surface area contributed by atoms with E-state index in [-0.39, 0.29) is 26.1 Å². The maximum absolute atomic E-state index is 13.0. The van der Waals surface area contributed by atoms with Crippen molar-refractivity contribution in [2.45, 2.75) is 235 Å². The van der Waals surface area contributed by atoms with E-state index >= 15 is 0 Å². The van der Waals surface area contributed by atoms with Crippen molar-refractivity contribution >= 4 is 11.9 Å². The highest BCUT2D eigenvalue weighted by Gasteiger charge is 2.47. The molecule has 0 bridgehead atoms. The highest BCUT2D eigenvalue weighted by atomic mass is 16.7. The molecule has 11 atom stereocenters. The number of unbranched alkanes of at least 4 members (excludes halogenated alkanes) is 17. The van der Waals surface area contributed by atoms with Crippen LogP contribution in [0.3, 0.4) is 0 Å². The lowest BCUT2D eigenvalue weighted by atomic mass is 9.98. The van der Waals surface area contributed by atoms with Crippen molar-refractivity contribution in [3.8, 4) is 0 Å². The summed E-state index contributed by atoms with van der Waals surface area (Å²) in [7, 11) is 0. The molecule has 0 spiro atoms. The fourth-order valence-electron chi connectivity index (χ4n) is 7.58. The van der Waals surface area contributed by atoms with E-state index in [4.69, 9.17) is 28.4 Å². The Labute approximate surface area is 383 Å². The number of aliphatic hydroxyl groups is 7. The number of allylic oxidation sites excluding steroid dienone is 6. The number of esters is 2. The van der Waals surface area contributed by atoms with Gasteiger partial charge < -0.3 is 64.2 Å². The maximum atomic E-state index is 13.0. The number of carbonyl (C=O) groups is 2. The highest BCUT2D eigenvalue weighted by Crippen LogP contribution is 2.26. The Morgan fingerprint density at radius 3 is 1.55 bits per heavy atom. The molecule has 372 valence electrons. The minimum atomic E-state index is -1.77. The van der Waals surface area contributed by atoms with E-state index < -0.39 is 92.7 Å². The van der Waals surface area contributed by atoms with Gasteiger partial charge >= 0.3 is 11.9 Å². The van der Waals surface area contributed by atoms with Crippen LogP contribution in [-0.4, -0.2) is 142 Å². The predicted octanol–water partition coefficient (Wildman–Crippen LogP) is 6.15. The zero-order chi connectivity index (χ0) is 46.8. The quantitative estimate of drug-likeness (QED) is 0.0211. The average Bonchev–Trinajstić information content (AvgIpc) is 3.29. The molecular weight excluding hydrogens is 829 g/mol. The molecule has 4 unspecified atom stereocenters. The summed E-state index contributed by atoms with van der Waals surface area (Å²) >= 11 is 0. The van der Waals surface area contributed by atoms with Gasteiger partial charge in [-0.15, -0.1) is 0 Å². The lowest BCUT2D eigenvalue weighted by molar-refractivity contribution is -0.332. The smallest absolute Gasteiger partial charge is 0.306 e. The van der Waals surface area contributed by atoms with Crippen LogP contribution in [0.15, 0.2) is 36.5 Å². The van der Waals surface area contributed by atoms with E-state index in [0.29, 0.717) is 12.8 Å². The molecule has 2 saturated heterocycles. The summed E-state index contributed by atoms with van der Waals surface area (Å²) < 4.78 is 33.5. The first-order valence-electron chi connectivity index (χ1n) is 24.6. The first kappa shape index (κ1) is 57.8. The number of rotatable bonds is 37. The van der Waals surface area contributed by atoms with Gasteiger partial charge in [0.2, 0.25) is 0 Å². The van der Waals surface area contributed by atoms with Crippen LogP contribution in [0.2, 0.25) is 0 Å². The van der Waals surface area contributed by atoms with Crippen LogP contribution in [0.5, 0.6) is 0 Å². The minimum absolute atomic E-state index is 0.164. The van der Waals surface area contributed by atoms with Gasteiger partial charge in [0.05, 0.1) is 19.8 Å². The third-order valence-corrected chi connectivity index (χ3v) is 11.6. The van der Waals surface area contributed by atoms with Crippen LogP contribution in [0.25, 0.3) is 0 Å². The fraction of sp³-hybridized carbons (Fsp3) is 0.837. The average molecular weight is 915 g/mol. The van der Waals surface area contributed by atoms with Gasteiger partial charge in [-0.3, -0.25) is 9.59 Å². The topological polar surface area (TPSA) is 231 Å². The summed E-state index contributed by atoms with van der Waals surface area (Å²) in [5.74, 6) is -0.943. The normalized spacial score (nSPS) is 26.9. The largest absolute Gasteiger partial charge is 0.462 e. The van der Waals surface area contributed by atoms with Gasteiger partial charge in [-0.2, -0.15) is 0 Å². The molecule has 2 aliphatic heterocycles. The number of hydrogen-bond donors (Lipinski definition) is 7. The molecule has 0 aromatic rings. The molecule has 0 amide bonds. The van der Waals surface area contributed by atoms with Gasteiger partial charge in [0.1, 0.15) is 55.4 Å². The second-order valence-corrected chi connectivity index (χ2v) is 17.3. The first-order valence-corrected chi connectivity index (χ1v) is 24.6. The summed E-state index contributed by atoms with van der Waals surface area (Å²) in [6.07, 6.45) is 20.3. The van der Waals surface area contributed by atoms with Gasteiger partial charge in [0, 0.05) is 12.8 Å². The molecule has 15 heteroatoms. The van der Waals surface area contributed by atoms with Crippen molar-refractivity contribution in [3.05, 3.63) is 36.5 Å². The number of aliphatic hydroxyl groups excluding tert-OH is 7. The third kappa shape index (κ3) is 25.0. The molecule has 2 rings (SSSR count). The highest BCUT2D eigenvalue weighted by molar-refractivity contribution is 5.70. The Morgan fingerprint density at radius 2 is 0.984 bits per heavy atom. The van der Waals surface area contributed by atoms with Gasteiger partial charge in [0.15, 0.2) is 18.7 Å². The summed E-state index contributed by atoms with van der Waals surface area (Å²) in [6.45, 7) is 2.45. The molecule has 0 radical (unpaired) electrons. The Hall–Kier alpha value is -2.28. The molecular formula is C49H86O15. The van der Waals surface area contributed by atoms with E-state index in [2.05, 4.69) is 50.3 Å². The van der Waals surface area contributed by atoms with Crippen molar-refractivity contribution in [1.29, 1.82) is 0 Å². The lowest BCUT2D eigenvalue weighted by Crippen LogP contribution is -2.61. The van der Waals surface area contributed by atoms with Crippen LogP contribution in [0, 0.1) is 0 Å². The van der Waals surface area contributed by atoms with Crippen molar-refractivity contribution in [3.63, 3.8) is 0 Å². The Kier molecular flexibility index (Phi) is 33.3. The van der Waals surface area contributed by atoms with Gasteiger partial charge in [-0.25, -0.2) is 0 Å². The summed E-state index contributed by atoms with van der Waals surface area (Å²) in [5, 5.41) is 72.0. The monoisotopic (exact) mass is 915 g/mol. The molecule has 2 heterocycles. The van der Waals surface area contributed by atoms with Gasteiger partial charge in [0.25, 0.3) is 0 Å². The Morgan fingerprint density at radius 1 is 0.516 bits per heavy atom. The van der Waals surface area contributed by atoms with E-state index in [1.54, 1.807) is 0 Å². The van der Waals surface area contributed by atoms with E-state index in [1.165, 1.54) is 57.8 Å². The predicted molar refractivity (Wildman–Crippen MR) is 243 cm³/mol. The van der Waals surface area contributed by atoms with Crippen molar-refractivity contribution in [2.75, 3.05) is 26.4 Å². The molecule has 7 N–H and O–H groups in total. The van der Waals surface area contributed by atoms with E-state index in [9.17, 15) is 45.3 Å². The molecule has 0 aromatic heterocycles. The van der Waals surface area contributed by atoms with Crippen LogP contribution in [0.4, 0.5) is 0 Å². The zero-order valence-corrected chi connectivity index (χ0v) is 39.0. The molecule has 0 aliphatic carbocycles. The third-order valence-electron chi connectivity index (χ3n) is 11.6. The number of hydrogen-bond acceptors (Lipinski definition) is 15. The van der Waals surface area contributed by atoms with Crippen LogP contribution in [-0.2, 0) is 38.0 Å². The van der Waals surface area contributed by atoms with Crippen LogP contribution in [0.1, 0.15) is 168 Å². The van der Waals surface area contributed by atoms with E-state index in [1.807, 2.05) is 0 Å². The second kappa shape index (κ2) is 36.8. The fourth-order valence-corrected chi connectivity index (χ4v) is 7.58. The molecule has 2 aliphatic rings. The summed E-state index contributed by atoms with van der Waals surface area (Å²) in [4.78, 5) is 25.7. The maximum Gasteiger partial charge on any atom is 0.306 e.